The predicted octanol–water partition coefficient (Wildman–Crippen LogP) is 0.991. The van der Waals surface area contributed by atoms with Gasteiger partial charge in [0.25, 0.3) is 0 Å². The molecule has 5 heteroatoms. The molecular formula is C12H24O5. The maximum atomic E-state index is 11.5. The smallest absolute Gasteiger partial charge is 0.311 e. The second-order valence-corrected chi connectivity index (χ2v) is 4.32. The molecule has 102 valence electrons. The highest BCUT2D eigenvalue weighted by Crippen LogP contribution is 2.21. The van der Waals surface area contributed by atoms with Crippen LogP contribution in [0, 0.1) is 5.41 Å². The summed E-state index contributed by atoms with van der Waals surface area (Å²) in [5.41, 5.74) is -0.426. The van der Waals surface area contributed by atoms with E-state index >= 15 is 0 Å². The molecule has 0 atom stereocenters. The topological polar surface area (TPSA) is 65.0 Å². The van der Waals surface area contributed by atoms with Gasteiger partial charge in [-0.1, -0.05) is 6.92 Å². The molecule has 0 aromatic carbocycles. The Hall–Kier alpha value is -0.650. The Morgan fingerprint density at radius 2 is 1.59 bits per heavy atom. The molecule has 0 saturated heterocycles. The van der Waals surface area contributed by atoms with Crippen molar-refractivity contribution in [2.24, 2.45) is 5.41 Å². The Morgan fingerprint density at radius 3 is 2.12 bits per heavy atom. The third kappa shape index (κ3) is 8.12. The highest BCUT2D eigenvalue weighted by atomic mass is 16.6. The van der Waals surface area contributed by atoms with Gasteiger partial charge >= 0.3 is 5.97 Å². The van der Waals surface area contributed by atoms with Crippen molar-refractivity contribution in [1.82, 2.24) is 0 Å². The van der Waals surface area contributed by atoms with E-state index in [-0.39, 0.29) is 19.2 Å². The van der Waals surface area contributed by atoms with Crippen molar-refractivity contribution in [3.8, 4) is 0 Å². The second-order valence-electron chi connectivity index (χ2n) is 4.32. The lowest BCUT2D eigenvalue weighted by Crippen LogP contribution is -2.27. The van der Waals surface area contributed by atoms with Gasteiger partial charge in [-0.05, 0) is 20.3 Å². The van der Waals surface area contributed by atoms with Gasteiger partial charge in [0.15, 0.2) is 0 Å². The third-order valence-corrected chi connectivity index (χ3v) is 2.50. The Balaban J connectivity index is 3.37. The summed E-state index contributed by atoms with van der Waals surface area (Å²) in [6.45, 7) is 7.53. The van der Waals surface area contributed by atoms with Crippen molar-refractivity contribution < 1.29 is 24.1 Å². The number of rotatable bonds is 10. The molecule has 0 aliphatic rings. The van der Waals surface area contributed by atoms with Crippen LogP contribution in [0.2, 0.25) is 0 Å². The zero-order valence-corrected chi connectivity index (χ0v) is 11.0. The number of aliphatic hydroxyl groups excluding tert-OH is 1. The van der Waals surface area contributed by atoms with E-state index in [2.05, 4.69) is 0 Å². The van der Waals surface area contributed by atoms with Crippen LogP contribution in [-0.2, 0) is 19.0 Å². The van der Waals surface area contributed by atoms with Crippen LogP contribution in [0.25, 0.3) is 0 Å². The first-order valence-corrected chi connectivity index (χ1v) is 5.98. The molecule has 0 aliphatic heterocycles. The summed E-state index contributed by atoms with van der Waals surface area (Å²) < 4.78 is 15.3. The van der Waals surface area contributed by atoms with Crippen LogP contribution in [0.15, 0.2) is 0 Å². The molecule has 5 nitrogen and oxygen atoms in total. The van der Waals surface area contributed by atoms with Crippen LogP contribution >= 0.6 is 0 Å². The standard InChI is InChI=1S/C12H24O5/c1-4-12(2,3)11(14)17-10-9-16-8-7-15-6-5-13/h13H,4-10H2,1-3H3. The first-order valence-electron chi connectivity index (χ1n) is 5.98. The Labute approximate surface area is 103 Å². The van der Waals surface area contributed by atoms with Gasteiger partial charge in [0, 0.05) is 0 Å². The van der Waals surface area contributed by atoms with E-state index < -0.39 is 5.41 Å². The summed E-state index contributed by atoms with van der Waals surface area (Å²) in [5, 5.41) is 8.44. The van der Waals surface area contributed by atoms with Gasteiger partial charge in [0.1, 0.15) is 6.61 Å². The van der Waals surface area contributed by atoms with Crippen LogP contribution in [0.3, 0.4) is 0 Å². The third-order valence-electron chi connectivity index (χ3n) is 2.50. The number of esters is 1. The van der Waals surface area contributed by atoms with Gasteiger partial charge in [0.05, 0.1) is 38.4 Å². The molecule has 0 heterocycles. The maximum Gasteiger partial charge on any atom is 0.311 e. The molecule has 0 spiro atoms. The number of hydrogen-bond acceptors (Lipinski definition) is 5. The van der Waals surface area contributed by atoms with Crippen molar-refractivity contribution in [3.63, 3.8) is 0 Å². The molecule has 0 amide bonds. The van der Waals surface area contributed by atoms with E-state index in [0.29, 0.717) is 26.4 Å². The minimum absolute atomic E-state index is 0.0176. The highest BCUT2D eigenvalue weighted by Gasteiger charge is 2.26. The van der Waals surface area contributed by atoms with Crippen molar-refractivity contribution in [2.45, 2.75) is 27.2 Å². The molecule has 0 unspecified atom stereocenters. The summed E-state index contributed by atoms with van der Waals surface area (Å²) in [5.74, 6) is -0.194. The summed E-state index contributed by atoms with van der Waals surface area (Å²) in [6, 6.07) is 0. The Kier molecular flexibility index (Phi) is 9.03. The SMILES string of the molecule is CCC(C)(C)C(=O)OCCOCCOCCO. The minimum atomic E-state index is -0.426. The average Bonchev–Trinajstić information content (AvgIpc) is 2.32. The van der Waals surface area contributed by atoms with Gasteiger partial charge < -0.3 is 19.3 Å². The van der Waals surface area contributed by atoms with Crippen LogP contribution in [0.4, 0.5) is 0 Å². The molecule has 1 N–H and O–H groups in total. The van der Waals surface area contributed by atoms with Crippen LogP contribution < -0.4 is 0 Å². The second kappa shape index (κ2) is 9.39. The van der Waals surface area contributed by atoms with Crippen LogP contribution in [0.1, 0.15) is 27.2 Å². The molecule has 0 saturated carbocycles. The summed E-state index contributed by atoms with van der Waals surface area (Å²) >= 11 is 0. The molecule has 0 bridgehead atoms. The number of carbonyl (C=O) groups excluding carboxylic acids is 1. The average molecular weight is 248 g/mol. The first kappa shape index (κ1) is 16.4. The summed E-state index contributed by atoms with van der Waals surface area (Å²) in [6.07, 6.45) is 0.752. The zero-order valence-electron chi connectivity index (χ0n) is 11.0. The van der Waals surface area contributed by atoms with Gasteiger partial charge in [-0.2, -0.15) is 0 Å². The van der Waals surface area contributed by atoms with Gasteiger partial charge in [0.2, 0.25) is 0 Å². The maximum absolute atomic E-state index is 11.5. The fraction of sp³-hybridized carbons (Fsp3) is 0.917. The largest absolute Gasteiger partial charge is 0.463 e. The zero-order chi connectivity index (χ0) is 13.1. The van der Waals surface area contributed by atoms with Crippen molar-refractivity contribution in [3.05, 3.63) is 0 Å². The van der Waals surface area contributed by atoms with E-state index in [1.54, 1.807) is 0 Å². The van der Waals surface area contributed by atoms with Gasteiger partial charge in [-0.25, -0.2) is 0 Å². The van der Waals surface area contributed by atoms with Crippen LogP contribution in [0.5, 0.6) is 0 Å². The molecule has 17 heavy (non-hydrogen) atoms. The fourth-order valence-corrected chi connectivity index (χ4v) is 0.920. The lowest BCUT2D eigenvalue weighted by molar-refractivity contribution is -0.155. The van der Waals surface area contributed by atoms with E-state index in [0.717, 1.165) is 6.42 Å². The number of hydrogen-bond donors (Lipinski definition) is 1. The van der Waals surface area contributed by atoms with Crippen molar-refractivity contribution in [2.75, 3.05) is 39.6 Å². The molecule has 0 aliphatic carbocycles. The normalized spacial score (nSPS) is 11.5. The van der Waals surface area contributed by atoms with Crippen molar-refractivity contribution >= 4 is 5.97 Å². The molecule has 0 fully saturated rings. The molecule has 0 rings (SSSR count). The van der Waals surface area contributed by atoms with E-state index in [1.165, 1.54) is 0 Å². The van der Waals surface area contributed by atoms with E-state index in [1.807, 2.05) is 20.8 Å². The molecular weight excluding hydrogens is 224 g/mol. The number of ether oxygens (including phenoxy) is 3. The van der Waals surface area contributed by atoms with Gasteiger partial charge in [-0.3, -0.25) is 4.79 Å². The van der Waals surface area contributed by atoms with E-state index in [4.69, 9.17) is 19.3 Å². The lowest BCUT2D eigenvalue weighted by atomic mass is 9.91. The summed E-state index contributed by atoms with van der Waals surface area (Å²) in [4.78, 5) is 11.5. The summed E-state index contributed by atoms with van der Waals surface area (Å²) in [7, 11) is 0. The monoisotopic (exact) mass is 248 g/mol. The molecule has 0 aromatic heterocycles. The molecule has 0 radical (unpaired) electrons. The fourth-order valence-electron chi connectivity index (χ4n) is 0.920. The lowest BCUT2D eigenvalue weighted by Gasteiger charge is -2.20. The highest BCUT2D eigenvalue weighted by molar-refractivity contribution is 5.75. The Morgan fingerprint density at radius 1 is 1.06 bits per heavy atom. The number of carbonyl (C=O) groups is 1. The quantitative estimate of drug-likeness (QED) is 0.461. The van der Waals surface area contributed by atoms with Crippen molar-refractivity contribution in [1.29, 1.82) is 0 Å². The number of aliphatic hydroxyl groups is 1. The van der Waals surface area contributed by atoms with E-state index in [9.17, 15) is 4.79 Å². The predicted molar refractivity (Wildman–Crippen MR) is 63.8 cm³/mol. The minimum Gasteiger partial charge on any atom is -0.463 e. The van der Waals surface area contributed by atoms with Crippen LogP contribution in [-0.4, -0.2) is 50.7 Å². The van der Waals surface area contributed by atoms with Gasteiger partial charge in [-0.15, -0.1) is 0 Å². The Bertz CT molecular complexity index is 203. The molecule has 0 aromatic rings. The first-order chi connectivity index (χ1) is 8.04.